The maximum absolute atomic E-state index is 13.0. The number of ketones is 1. The summed E-state index contributed by atoms with van der Waals surface area (Å²) in [5.74, 6) is 0.200. The lowest BCUT2D eigenvalue weighted by molar-refractivity contribution is 0.0635. The molecule has 142 valence electrons. The zero-order valence-corrected chi connectivity index (χ0v) is 16.3. The third-order valence-electron chi connectivity index (χ3n) is 3.37. The van der Waals surface area contributed by atoms with Crippen molar-refractivity contribution in [2.45, 2.75) is 26.4 Å². The first kappa shape index (κ1) is 20.2. The van der Waals surface area contributed by atoms with Gasteiger partial charge in [-0.15, -0.1) is 0 Å². The molecule has 0 saturated carbocycles. The van der Waals surface area contributed by atoms with Gasteiger partial charge >= 0.3 is 6.09 Å². The molecule has 0 atom stereocenters. The number of Topliss-reactive ketones (excluding diaryl/α,β-unsaturated/α-hetero) is 1. The molecule has 0 aliphatic heterocycles. The molecule has 27 heavy (non-hydrogen) atoms. The van der Waals surface area contributed by atoms with E-state index in [4.69, 9.17) is 4.74 Å². The number of pyridine rings is 1. The molecule has 1 amide bonds. The second-order valence-electron chi connectivity index (χ2n) is 7.26. The van der Waals surface area contributed by atoms with Gasteiger partial charge in [-0.1, -0.05) is 30.3 Å². The van der Waals surface area contributed by atoms with Crippen molar-refractivity contribution in [1.29, 1.82) is 0 Å². The first-order valence-corrected chi connectivity index (χ1v) is 8.60. The van der Waals surface area contributed by atoms with Crippen molar-refractivity contribution >= 4 is 23.3 Å². The Bertz CT molecular complexity index is 837. The molecule has 0 radical (unpaired) electrons. The minimum Gasteiger partial charge on any atom is -0.444 e. The van der Waals surface area contributed by atoms with Crippen molar-refractivity contribution in [1.82, 2.24) is 9.88 Å². The Hall–Kier alpha value is -3.15. The Morgan fingerprint density at radius 2 is 1.74 bits per heavy atom. The van der Waals surface area contributed by atoms with Crippen LogP contribution in [0, 0.1) is 0 Å². The Balaban J connectivity index is 2.32. The van der Waals surface area contributed by atoms with Crippen molar-refractivity contribution in [3.05, 3.63) is 66.0 Å². The topological polar surface area (TPSA) is 71.5 Å². The van der Waals surface area contributed by atoms with Gasteiger partial charge < -0.3 is 9.64 Å². The first-order chi connectivity index (χ1) is 12.7. The Morgan fingerprint density at radius 1 is 1.07 bits per heavy atom. The van der Waals surface area contributed by atoms with Crippen LogP contribution in [0.25, 0.3) is 5.57 Å². The van der Waals surface area contributed by atoms with E-state index in [1.807, 2.05) is 32.3 Å². The molecule has 0 fully saturated rings. The molecule has 2 rings (SSSR count). The van der Waals surface area contributed by atoms with Gasteiger partial charge in [-0.2, -0.15) is 0 Å². The largest absolute Gasteiger partial charge is 0.444 e. The quantitative estimate of drug-likeness (QED) is 0.633. The molecule has 1 aromatic carbocycles. The van der Waals surface area contributed by atoms with Crippen LogP contribution in [0.2, 0.25) is 0 Å². The average Bonchev–Trinajstić information content (AvgIpc) is 2.58. The number of carbonyl (C=O) groups excluding carboxylic acids is 2. The van der Waals surface area contributed by atoms with Gasteiger partial charge in [-0.05, 0) is 38.5 Å². The smallest absolute Gasteiger partial charge is 0.413 e. The number of nitrogens with zero attached hydrogens (tertiary/aromatic N) is 2. The van der Waals surface area contributed by atoms with Gasteiger partial charge in [0.1, 0.15) is 11.4 Å². The van der Waals surface area contributed by atoms with Gasteiger partial charge in [0, 0.05) is 37.6 Å². The Kier molecular flexibility index (Phi) is 6.34. The van der Waals surface area contributed by atoms with Crippen molar-refractivity contribution in [3.63, 3.8) is 0 Å². The second-order valence-corrected chi connectivity index (χ2v) is 7.26. The molecule has 0 saturated heterocycles. The molecular formula is C21H25N3O3. The third-order valence-corrected chi connectivity index (χ3v) is 3.37. The van der Waals surface area contributed by atoms with E-state index >= 15 is 0 Å². The van der Waals surface area contributed by atoms with E-state index in [0.717, 1.165) is 0 Å². The SMILES string of the molecule is CN(C)/C=C(\C(=O)c1ccccc1)c1ccnc(NC(=O)OC(C)(C)C)c1. The normalized spacial score (nSPS) is 11.7. The average molecular weight is 367 g/mol. The molecule has 1 aromatic heterocycles. The predicted molar refractivity (Wildman–Crippen MR) is 107 cm³/mol. The highest BCUT2D eigenvalue weighted by Crippen LogP contribution is 2.22. The standard InChI is InChI=1S/C21H25N3O3/c1-21(2,3)27-20(26)23-18-13-16(11-12-22-18)17(14-24(4)5)19(25)15-9-7-6-8-10-15/h6-14H,1-5H3,(H,22,23,26)/b17-14-. The summed E-state index contributed by atoms with van der Waals surface area (Å²) in [5, 5.41) is 2.60. The summed E-state index contributed by atoms with van der Waals surface area (Å²) in [5.41, 5.74) is 1.13. The number of amides is 1. The molecular weight excluding hydrogens is 342 g/mol. The summed E-state index contributed by atoms with van der Waals surface area (Å²) < 4.78 is 5.24. The van der Waals surface area contributed by atoms with E-state index in [9.17, 15) is 9.59 Å². The summed E-state index contributed by atoms with van der Waals surface area (Å²) in [4.78, 5) is 30.9. The van der Waals surface area contributed by atoms with E-state index in [1.54, 1.807) is 62.3 Å². The minimum absolute atomic E-state index is 0.112. The van der Waals surface area contributed by atoms with Crippen molar-refractivity contribution < 1.29 is 14.3 Å². The molecule has 6 heteroatoms. The summed E-state index contributed by atoms with van der Waals surface area (Å²) in [6, 6.07) is 12.4. The van der Waals surface area contributed by atoms with Crippen LogP contribution in [0.4, 0.5) is 10.6 Å². The van der Waals surface area contributed by atoms with Gasteiger partial charge in [0.25, 0.3) is 0 Å². The minimum atomic E-state index is -0.610. The van der Waals surface area contributed by atoms with E-state index < -0.39 is 11.7 Å². The molecule has 0 aliphatic rings. The van der Waals surface area contributed by atoms with Crippen molar-refractivity contribution in [2.75, 3.05) is 19.4 Å². The number of hydrogen-bond acceptors (Lipinski definition) is 5. The summed E-state index contributed by atoms with van der Waals surface area (Å²) in [7, 11) is 3.69. The number of nitrogens with one attached hydrogen (secondary N) is 1. The number of anilines is 1. The second kappa shape index (κ2) is 8.49. The number of hydrogen-bond donors (Lipinski definition) is 1. The van der Waals surface area contributed by atoms with Gasteiger partial charge in [-0.25, -0.2) is 9.78 Å². The van der Waals surface area contributed by atoms with Gasteiger partial charge in [0.15, 0.2) is 5.78 Å². The van der Waals surface area contributed by atoms with E-state index in [1.165, 1.54) is 0 Å². The lowest BCUT2D eigenvalue weighted by Crippen LogP contribution is -2.27. The van der Waals surface area contributed by atoms with Gasteiger partial charge in [0.2, 0.25) is 0 Å². The zero-order valence-electron chi connectivity index (χ0n) is 16.3. The van der Waals surface area contributed by atoms with Crippen molar-refractivity contribution in [3.8, 4) is 0 Å². The molecule has 1 heterocycles. The fraction of sp³-hybridized carbons (Fsp3) is 0.286. The molecule has 1 N–H and O–H groups in total. The van der Waals surface area contributed by atoms with Crippen LogP contribution in [0.3, 0.4) is 0 Å². The summed E-state index contributed by atoms with van der Waals surface area (Å²) in [6.07, 6.45) is 2.70. The molecule has 0 bridgehead atoms. The van der Waals surface area contributed by atoms with E-state index in [0.29, 0.717) is 22.5 Å². The number of allylic oxidation sites excluding steroid dienone is 1. The highest BCUT2D eigenvalue weighted by atomic mass is 16.6. The molecule has 0 aliphatic carbocycles. The predicted octanol–water partition coefficient (Wildman–Crippen LogP) is 4.21. The Labute approximate surface area is 159 Å². The molecule has 2 aromatic rings. The fourth-order valence-electron chi connectivity index (χ4n) is 2.34. The van der Waals surface area contributed by atoms with Crippen LogP contribution in [0.1, 0.15) is 36.7 Å². The molecule has 6 nitrogen and oxygen atoms in total. The van der Waals surface area contributed by atoms with Crippen LogP contribution in [0.5, 0.6) is 0 Å². The number of carbonyl (C=O) groups is 2. The molecule has 0 unspecified atom stereocenters. The maximum atomic E-state index is 13.0. The fourth-order valence-corrected chi connectivity index (χ4v) is 2.34. The summed E-state index contributed by atoms with van der Waals surface area (Å²) in [6.45, 7) is 5.35. The van der Waals surface area contributed by atoms with Gasteiger partial charge in [-0.3, -0.25) is 10.1 Å². The van der Waals surface area contributed by atoms with E-state index in [-0.39, 0.29) is 5.78 Å². The number of benzene rings is 1. The lowest BCUT2D eigenvalue weighted by Gasteiger charge is -2.19. The highest BCUT2D eigenvalue weighted by Gasteiger charge is 2.18. The lowest BCUT2D eigenvalue weighted by atomic mass is 9.98. The van der Waals surface area contributed by atoms with Crippen LogP contribution in [-0.4, -0.2) is 41.5 Å². The van der Waals surface area contributed by atoms with Crippen LogP contribution in [0.15, 0.2) is 54.9 Å². The third kappa shape index (κ3) is 6.26. The summed E-state index contributed by atoms with van der Waals surface area (Å²) >= 11 is 0. The van der Waals surface area contributed by atoms with Crippen molar-refractivity contribution in [2.24, 2.45) is 0 Å². The van der Waals surface area contributed by atoms with Crippen LogP contribution in [-0.2, 0) is 4.74 Å². The maximum Gasteiger partial charge on any atom is 0.413 e. The monoisotopic (exact) mass is 367 g/mol. The van der Waals surface area contributed by atoms with Crippen LogP contribution < -0.4 is 5.32 Å². The number of aromatic nitrogens is 1. The molecule has 0 spiro atoms. The first-order valence-electron chi connectivity index (χ1n) is 8.60. The zero-order chi connectivity index (χ0) is 20.0. The Morgan fingerprint density at radius 3 is 2.33 bits per heavy atom. The number of rotatable bonds is 5. The van der Waals surface area contributed by atoms with Gasteiger partial charge in [0.05, 0.1) is 0 Å². The van der Waals surface area contributed by atoms with Crippen LogP contribution >= 0.6 is 0 Å². The highest BCUT2D eigenvalue weighted by molar-refractivity contribution is 6.28. The van der Waals surface area contributed by atoms with E-state index in [2.05, 4.69) is 10.3 Å². The number of ether oxygens (including phenoxy) is 1.